The van der Waals surface area contributed by atoms with Crippen LogP contribution in [0.2, 0.25) is 5.02 Å². The first kappa shape index (κ1) is 18.8. The highest BCUT2D eigenvalue weighted by Gasteiger charge is 2.42. The van der Waals surface area contributed by atoms with E-state index in [-0.39, 0.29) is 11.3 Å². The first-order chi connectivity index (χ1) is 11.1. The topological polar surface area (TPSA) is 57.6 Å². The predicted molar refractivity (Wildman–Crippen MR) is 95.1 cm³/mol. The van der Waals surface area contributed by atoms with Gasteiger partial charge in [0.2, 0.25) is 5.91 Å². The van der Waals surface area contributed by atoms with Crippen LogP contribution in [0.25, 0.3) is 0 Å². The van der Waals surface area contributed by atoms with Crippen LogP contribution >= 0.6 is 11.6 Å². The van der Waals surface area contributed by atoms with E-state index >= 15 is 0 Å². The van der Waals surface area contributed by atoms with Gasteiger partial charge in [0.1, 0.15) is 0 Å². The second-order valence-electron chi connectivity index (χ2n) is 8.01. The SMILES string of the molecule is CC(C)(C)CC(=O)N1CCC(Cc2ccc(Cl)cc2)(C(=O)O)CC1. The van der Waals surface area contributed by atoms with Crippen molar-refractivity contribution in [1.82, 2.24) is 4.90 Å². The van der Waals surface area contributed by atoms with Crippen molar-refractivity contribution in [2.45, 2.75) is 46.5 Å². The molecule has 24 heavy (non-hydrogen) atoms. The van der Waals surface area contributed by atoms with E-state index in [0.29, 0.717) is 43.8 Å². The highest BCUT2D eigenvalue weighted by atomic mass is 35.5. The van der Waals surface area contributed by atoms with Gasteiger partial charge in [0.25, 0.3) is 0 Å². The molecule has 0 atom stereocenters. The number of benzene rings is 1. The molecule has 132 valence electrons. The van der Waals surface area contributed by atoms with Crippen molar-refractivity contribution in [2.24, 2.45) is 10.8 Å². The van der Waals surface area contributed by atoms with Gasteiger partial charge < -0.3 is 10.0 Å². The number of aliphatic carboxylic acids is 1. The molecule has 1 saturated heterocycles. The van der Waals surface area contributed by atoms with Crippen molar-refractivity contribution in [2.75, 3.05) is 13.1 Å². The van der Waals surface area contributed by atoms with Crippen molar-refractivity contribution in [3.63, 3.8) is 0 Å². The van der Waals surface area contributed by atoms with Gasteiger partial charge in [-0.25, -0.2) is 0 Å². The van der Waals surface area contributed by atoms with Gasteiger partial charge in [0.05, 0.1) is 5.41 Å². The molecule has 0 unspecified atom stereocenters. The molecule has 0 spiro atoms. The molecular weight excluding hydrogens is 326 g/mol. The number of rotatable bonds is 4. The monoisotopic (exact) mass is 351 g/mol. The van der Waals surface area contributed by atoms with E-state index in [9.17, 15) is 14.7 Å². The van der Waals surface area contributed by atoms with Gasteiger partial charge in [0.15, 0.2) is 0 Å². The summed E-state index contributed by atoms with van der Waals surface area (Å²) in [4.78, 5) is 26.1. The fourth-order valence-corrected chi connectivity index (χ4v) is 3.33. The molecule has 1 aromatic carbocycles. The summed E-state index contributed by atoms with van der Waals surface area (Å²) in [6.45, 7) is 7.13. The average molecular weight is 352 g/mol. The number of hydrogen-bond donors (Lipinski definition) is 1. The van der Waals surface area contributed by atoms with Gasteiger partial charge >= 0.3 is 5.97 Å². The average Bonchev–Trinajstić information content (AvgIpc) is 2.48. The Kier molecular flexibility index (Phi) is 5.59. The zero-order valence-electron chi connectivity index (χ0n) is 14.6. The summed E-state index contributed by atoms with van der Waals surface area (Å²) < 4.78 is 0. The number of carboxylic acids is 1. The number of carbonyl (C=O) groups excluding carboxylic acids is 1. The second-order valence-corrected chi connectivity index (χ2v) is 8.44. The molecule has 1 amide bonds. The van der Waals surface area contributed by atoms with Crippen molar-refractivity contribution >= 4 is 23.5 Å². The van der Waals surface area contributed by atoms with E-state index in [0.717, 1.165) is 5.56 Å². The van der Waals surface area contributed by atoms with Crippen molar-refractivity contribution in [1.29, 1.82) is 0 Å². The number of amides is 1. The first-order valence-electron chi connectivity index (χ1n) is 8.37. The van der Waals surface area contributed by atoms with Gasteiger partial charge in [-0.2, -0.15) is 0 Å². The Morgan fingerprint density at radius 1 is 1.17 bits per heavy atom. The quantitative estimate of drug-likeness (QED) is 0.891. The molecule has 1 aliphatic rings. The summed E-state index contributed by atoms with van der Waals surface area (Å²) in [5.41, 5.74) is 0.116. The van der Waals surface area contributed by atoms with E-state index in [1.807, 2.05) is 37.8 Å². The van der Waals surface area contributed by atoms with Gasteiger partial charge in [-0.05, 0) is 42.4 Å². The van der Waals surface area contributed by atoms with E-state index < -0.39 is 11.4 Å². The number of piperidine rings is 1. The molecule has 1 fully saturated rings. The summed E-state index contributed by atoms with van der Waals surface area (Å²) in [5.74, 6) is -0.659. The number of nitrogens with zero attached hydrogens (tertiary/aromatic N) is 1. The maximum Gasteiger partial charge on any atom is 0.310 e. The minimum Gasteiger partial charge on any atom is -0.481 e. The van der Waals surface area contributed by atoms with Crippen molar-refractivity contribution in [3.8, 4) is 0 Å². The first-order valence-corrected chi connectivity index (χ1v) is 8.75. The molecule has 0 aromatic heterocycles. The zero-order chi connectivity index (χ0) is 18.0. The third kappa shape index (κ3) is 4.73. The van der Waals surface area contributed by atoms with Gasteiger partial charge in [0, 0.05) is 24.5 Å². The standard InChI is InChI=1S/C19H26ClNO3/c1-18(2,3)13-16(22)21-10-8-19(9-11-21,17(23)24)12-14-4-6-15(20)7-5-14/h4-7H,8-13H2,1-3H3,(H,23,24). The minimum absolute atomic E-state index is 0.0538. The van der Waals surface area contributed by atoms with Crippen LogP contribution in [-0.2, 0) is 16.0 Å². The van der Waals surface area contributed by atoms with Gasteiger partial charge in [-0.15, -0.1) is 0 Å². The summed E-state index contributed by atoms with van der Waals surface area (Å²) in [6, 6.07) is 7.33. The summed E-state index contributed by atoms with van der Waals surface area (Å²) in [7, 11) is 0. The summed E-state index contributed by atoms with van der Waals surface area (Å²) in [6.07, 6.45) is 1.94. The largest absolute Gasteiger partial charge is 0.481 e. The van der Waals surface area contributed by atoms with Crippen LogP contribution in [0.1, 0.15) is 45.6 Å². The summed E-state index contributed by atoms with van der Waals surface area (Å²) >= 11 is 5.90. The number of carbonyl (C=O) groups is 2. The Morgan fingerprint density at radius 3 is 2.17 bits per heavy atom. The Morgan fingerprint density at radius 2 is 1.71 bits per heavy atom. The van der Waals surface area contributed by atoms with Gasteiger partial charge in [-0.3, -0.25) is 9.59 Å². The smallest absolute Gasteiger partial charge is 0.310 e. The fraction of sp³-hybridized carbons (Fsp3) is 0.579. The van der Waals surface area contributed by atoms with E-state index in [1.165, 1.54) is 0 Å². The number of likely N-dealkylation sites (tertiary alicyclic amines) is 1. The lowest BCUT2D eigenvalue weighted by atomic mass is 9.73. The summed E-state index contributed by atoms with van der Waals surface area (Å²) in [5, 5.41) is 10.4. The molecule has 1 aromatic rings. The lowest BCUT2D eigenvalue weighted by Crippen LogP contribution is -2.48. The van der Waals surface area contributed by atoms with E-state index in [2.05, 4.69) is 0 Å². The van der Waals surface area contributed by atoms with Crippen molar-refractivity contribution in [3.05, 3.63) is 34.9 Å². The third-order valence-corrected chi connectivity index (χ3v) is 4.92. The second kappa shape index (κ2) is 7.14. The van der Waals surface area contributed by atoms with Crippen LogP contribution < -0.4 is 0 Å². The molecule has 0 radical (unpaired) electrons. The number of halogens is 1. The van der Waals surface area contributed by atoms with Crippen LogP contribution in [0, 0.1) is 10.8 Å². The number of carboxylic acid groups (broad SMARTS) is 1. The molecule has 1 aliphatic heterocycles. The number of hydrogen-bond acceptors (Lipinski definition) is 2. The van der Waals surface area contributed by atoms with Crippen LogP contribution in [-0.4, -0.2) is 35.0 Å². The Labute approximate surface area is 148 Å². The normalized spacial score (nSPS) is 17.6. The van der Waals surface area contributed by atoms with E-state index in [1.54, 1.807) is 12.1 Å². The van der Waals surface area contributed by atoms with Crippen LogP contribution in [0.3, 0.4) is 0 Å². The van der Waals surface area contributed by atoms with Crippen LogP contribution in [0.15, 0.2) is 24.3 Å². The Bertz CT molecular complexity index is 596. The lowest BCUT2D eigenvalue weighted by Gasteiger charge is -2.39. The fourth-order valence-electron chi connectivity index (χ4n) is 3.21. The molecule has 4 nitrogen and oxygen atoms in total. The minimum atomic E-state index is -0.799. The molecule has 0 bridgehead atoms. The molecule has 0 aliphatic carbocycles. The third-order valence-electron chi connectivity index (χ3n) is 4.66. The predicted octanol–water partition coefficient (Wildman–Crippen LogP) is 4.01. The van der Waals surface area contributed by atoms with Crippen LogP contribution in [0.4, 0.5) is 0 Å². The van der Waals surface area contributed by atoms with Crippen molar-refractivity contribution < 1.29 is 14.7 Å². The Hall–Kier alpha value is -1.55. The highest BCUT2D eigenvalue weighted by Crippen LogP contribution is 2.36. The molecule has 0 saturated carbocycles. The molecular formula is C19H26ClNO3. The highest BCUT2D eigenvalue weighted by molar-refractivity contribution is 6.30. The molecule has 1 heterocycles. The Balaban J connectivity index is 2.05. The zero-order valence-corrected chi connectivity index (χ0v) is 15.4. The maximum atomic E-state index is 12.4. The van der Waals surface area contributed by atoms with Gasteiger partial charge in [-0.1, -0.05) is 44.5 Å². The van der Waals surface area contributed by atoms with E-state index in [4.69, 9.17) is 11.6 Å². The molecule has 1 N–H and O–H groups in total. The lowest BCUT2D eigenvalue weighted by molar-refractivity contribution is -0.154. The molecule has 5 heteroatoms. The van der Waals surface area contributed by atoms with Crippen LogP contribution in [0.5, 0.6) is 0 Å². The maximum absolute atomic E-state index is 12.4. The molecule has 2 rings (SSSR count).